The molecule has 0 aromatic carbocycles. The highest BCUT2D eigenvalue weighted by Crippen LogP contribution is 2.10. The van der Waals surface area contributed by atoms with Gasteiger partial charge >= 0.3 is 0 Å². The van der Waals surface area contributed by atoms with Crippen LogP contribution in [0.15, 0.2) is 6.07 Å². The number of nitrogens with one attached hydrogen (secondary N) is 1. The standard InChI is InChI=1S/C10H15ClN4OS/c1-6-5-8(11)14-10(13-6)15-9(16)7(12)3-4-17-2/h5,7H,3-4,12H2,1-2H3,(H,13,14,15,16)/t7-/m1/s1. The summed E-state index contributed by atoms with van der Waals surface area (Å²) in [5.74, 6) is 0.740. The summed E-state index contributed by atoms with van der Waals surface area (Å²) in [5, 5.41) is 2.85. The molecule has 0 saturated carbocycles. The van der Waals surface area contributed by atoms with Crippen molar-refractivity contribution in [1.82, 2.24) is 9.97 Å². The fourth-order valence-electron chi connectivity index (χ4n) is 1.16. The summed E-state index contributed by atoms with van der Waals surface area (Å²) < 4.78 is 0. The number of anilines is 1. The lowest BCUT2D eigenvalue weighted by Gasteiger charge is -2.10. The predicted octanol–water partition coefficient (Wildman–Crippen LogP) is 1.46. The fraction of sp³-hybridized carbons (Fsp3) is 0.500. The highest BCUT2D eigenvalue weighted by Gasteiger charge is 2.14. The van der Waals surface area contributed by atoms with Crippen molar-refractivity contribution in [2.24, 2.45) is 5.73 Å². The van der Waals surface area contributed by atoms with Crippen molar-refractivity contribution < 1.29 is 4.79 Å². The summed E-state index contributed by atoms with van der Waals surface area (Å²) in [4.78, 5) is 19.6. The van der Waals surface area contributed by atoms with E-state index in [1.165, 1.54) is 0 Å². The van der Waals surface area contributed by atoms with E-state index in [2.05, 4.69) is 15.3 Å². The van der Waals surface area contributed by atoms with Gasteiger partial charge in [-0.15, -0.1) is 0 Å². The zero-order valence-electron chi connectivity index (χ0n) is 9.74. The van der Waals surface area contributed by atoms with Crippen molar-refractivity contribution in [3.8, 4) is 0 Å². The Morgan fingerprint density at radius 3 is 2.94 bits per heavy atom. The van der Waals surface area contributed by atoms with Gasteiger partial charge in [0.1, 0.15) is 5.15 Å². The van der Waals surface area contributed by atoms with Gasteiger partial charge in [-0.1, -0.05) is 11.6 Å². The van der Waals surface area contributed by atoms with Crippen LogP contribution < -0.4 is 11.1 Å². The summed E-state index contributed by atoms with van der Waals surface area (Å²) in [6, 6.07) is 1.07. The second-order valence-corrected chi connectivity index (χ2v) is 4.91. The van der Waals surface area contributed by atoms with Crippen molar-refractivity contribution in [3.05, 3.63) is 16.9 Å². The van der Waals surface area contributed by atoms with Crippen LogP contribution >= 0.6 is 23.4 Å². The zero-order valence-corrected chi connectivity index (χ0v) is 11.3. The molecule has 0 aliphatic rings. The zero-order chi connectivity index (χ0) is 12.8. The first-order valence-corrected chi connectivity index (χ1v) is 6.86. The van der Waals surface area contributed by atoms with E-state index in [1.54, 1.807) is 24.8 Å². The number of nitrogens with two attached hydrogens (primary N) is 1. The average Bonchev–Trinajstić information content (AvgIpc) is 2.24. The van der Waals surface area contributed by atoms with E-state index in [9.17, 15) is 4.79 Å². The Morgan fingerprint density at radius 1 is 1.65 bits per heavy atom. The molecular formula is C10H15ClN4OS. The first-order valence-electron chi connectivity index (χ1n) is 5.09. The van der Waals surface area contributed by atoms with Gasteiger partial charge in [0.25, 0.3) is 0 Å². The van der Waals surface area contributed by atoms with E-state index in [4.69, 9.17) is 17.3 Å². The number of carbonyl (C=O) groups is 1. The number of carbonyl (C=O) groups excluding carboxylic acids is 1. The van der Waals surface area contributed by atoms with E-state index < -0.39 is 6.04 Å². The number of halogens is 1. The van der Waals surface area contributed by atoms with Crippen molar-refractivity contribution >= 4 is 35.2 Å². The highest BCUT2D eigenvalue weighted by atomic mass is 35.5. The maximum Gasteiger partial charge on any atom is 0.243 e. The van der Waals surface area contributed by atoms with Gasteiger partial charge in [0.05, 0.1) is 6.04 Å². The highest BCUT2D eigenvalue weighted by molar-refractivity contribution is 7.98. The first kappa shape index (κ1) is 14.2. The van der Waals surface area contributed by atoms with Crippen LogP contribution in [-0.4, -0.2) is 33.9 Å². The Labute approximate surface area is 110 Å². The Hall–Kier alpha value is -0.850. The number of aromatic nitrogens is 2. The maximum absolute atomic E-state index is 11.7. The third-order valence-corrected chi connectivity index (χ3v) is 2.87. The molecule has 0 radical (unpaired) electrons. The molecule has 94 valence electrons. The van der Waals surface area contributed by atoms with Gasteiger partial charge in [-0.3, -0.25) is 10.1 Å². The van der Waals surface area contributed by atoms with Gasteiger partial charge in [-0.25, -0.2) is 9.97 Å². The third kappa shape index (κ3) is 4.89. The number of amides is 1. The number of nitrogens with zero attached hydrogens (tertiary/aromatic N) is 2. The molecule has 1 aromatic heterocycles. The van der Waals surface area contributed by atoms with Crippen LogP contribution in [0.5, 0.6) is 0 Å². The van der Waals surface area contributed by atoms with Gasteiger partial charge in [0.2, 0.25) is 11.9 Å². The number of aryl methyl sites for hydroxylation is 1. The Kier molecular flexibility index (Phi) is 5.67. The minimum absolute atomic E-state index is 0.194. The summed E-state index contributed by atoms with van der Waals surface area (Å²) in [7, 11) is 0. The largest absolute Gasteiger partial charge is 0.320 e. The monoisotopic (exact) mass is 274 g/mol. The van der Waals surface area contributed by atoms with E-state index in [0.29, 0.717) is 17.3 Å². The quantitative estimate of drug-likeness (QED) is 0.795. The molecule has 17 heavy (non-hydrogen) atoms. The molecule has 0 aliphatic carbocycles. The molecule has 0 fully saturated rings. The van der Waals surface area contributed by atoms with E-state index >= 15 is 0 Å². The van der Waals surface area contributed by atoms with Crippen LogP contribution in [0.2, 0.25) is 5.15 Å². The predicted molar refractivity (Wildman–Crippen MR) is 71.4 cm³/mol. The van der Waals surface area contributed by atoms with Gasteiger partial charge in [0, 0.05) is 5.69 Å². The fourth-order valence-corrected chi connectivity index (χ4v) is 1.89. The Balaban J connectivity index is 2.61. The molecule has 1 heterocycles. The van der Waals surface area contributed by atoms with E-state index in [0.717, 1.165) is 5.75 Å². The lowest BCUT2D eigenvalue weighted by molar-refractivity contribution is -0.117. The molecule has 1 atom stereocenters. The van der Waals surface area contributed by atoms with E-state index in [-0.39, 0.29) is 11.9 Å². The molecule has 3 N–H and O–H groups in total. The van der Waals surface area contributed by atoms with Crippen LogP contribution in [-0.2, 0) is 4.79 Å². The molecule has 1 aromatic rings. The van der Waals surface area contributed by atoms with Gasteiger partial charge in [-0.2, -0.15) is 11.8 Å². The normalized spacial score (nSPS) is 12.2. The smallest absolute Gasteiger partial charge is 0.243 e. The molecule has 0 spiro atoms. The number of hydrogen-bond acceptors (Lipinski definition) is 5. The molecule has 0 saturated heterocycles. The van der Waals surface area contributed by atoms with Crippen LogP contribution in [0.25, 0.3) is 0 Å². The summed E-state index contributed by atoms with van der Waals surface area (Å²) >= 11 is 7.41. The third-order valence-electron chi connectivity index (χ3n) is 2.03. The average molecular weight is 275 g/mol. The lowest BCUT2D eigenvalue weighted by atomic mass is 10.2. The number of thioether (sulfide) groups is 1. The van der Waals surface area contributed by atoms with Gasteiger partial charge in [-0.05, 0) is 31.4 Å². The molecule has 1 rings (SSSR count). The summed E-state index contributed by atoms with van der Waals surface area (Å²) in [6.45, 7) is 1.77. The minimum Gasteiger partial charge on any atom is -0.320 e. The molecule has 0 unspecified atom stereocenters. The number of hydrogen-bond donors (Lipinski definition) is 2. The van der Waals surface area contributed by atoms with Crippen LogP contribution in [0.1, 0.15) is 12.1 Å². The topological polar surface area (TPSA) is 80.9 Å². The molecule has 0 bridgehead atoms. The Bertz CT molecular complexity index is 382. The summed E-state index contributed by atoms with van der Waals surface area (Å²) in [6.07, 6.45) is 2.58. The van der Waals surface area contributed by atoms with Gasteiger partial charge in [0.15, 0.2) is 0 Å². The Morgan fingerprint density at radius 2 is 2.35 bits per heavy atom. The summed E-state index contributed by atoms with van der Waals surface area (Å²) in [5.41, 5.74) is 6.41. The minimum atomic E-state index is -0.551. The first-order chi connectivity index (χ1) is 8.02. The molecule has 7 heteroatoms. The van der Waals surface area contributed by atoms with Crippen molar-refractivity contribution in [2.75, 3.05) is 17.3 Å². The maximum atomic E-state index is 11.7. The second-order valence-electron chi connectivity index (χ2n) is 3.53. The van der Waals surface area contributed by atoms with E-state index in [1.807, 2.05) is 6.26 Å². The van der Waals surface area contributed by atoms with Crippen LogP contribution in [0.3, 0.4) is 0 Å². The lowest BCUT2D eigenvalue weighted by Crippen LogP contribution is -2.36. The van der Waals surface area contributed by atoms with Crippen LogP contribution in [0, 0.1) is 6.92 Å². The SMILES string of the molecule is CSCC[C@@H](N)C(=O)Nc1nc(C)cc(Cl)n1. The molecule has 5 nitrogen and oxygen atoms in total. The number of rotatable bonds is 5. The van der Waals surface area contributed by atoms with Crippen molar-refractivity contribution in [2.45, 2.75) is 19.4 Å². The molecule has 1 amide bonds. The van der Waals surface area contributed by atoms with Crippen LogP contribution in [0.4, 0.5) is 5.95 Å². The molecular weight excluding hydrogens is 260 g/mol. The van der Waals surface area contributed by atoms with Crippen molar-refractivity contribution in [3.63, 3.8) is 0 Å². The second kappa shape index (κ2) is 6.78. The molecule has 0 aliphatic heterocycles. The van der Waals surface area contributed by atoms with Gasteiger partial charge < -0.3 is 5.73 Å². The van der Waals surface area contributed by atoms with Crippen molar-refractivity contribution in [1.29, 1.82) is 0 Å².